The van der Waals surface area contributed by atoms with Crippen molar-refractivity contribution in [1.82, 2.24) is 19.1 Å². The Hall–Kier alpha value is -2.67. The summed E-state index contributed by atoms with van der Waals surface area (Å²) in [7, 11) is 1.62. The predicted octanol–water partition coefficient (Wildman–Crippen LogP) is 2.91. The van der Waals surface area contributed by atoms with Gasteiger partial charge in [0, 0.05) is 25.8 Å². The van der Waals surface area contributed by atoms with Crippen molar-refractivity contribution in [2.24, 2.45) is 0 Å². The van der Waals surface area contributed by atoms with Crippen LogP contribution >= 0.6 is 0 Å². The highest BCUT2D eigenvalue weighted by molar-refractivity contribution is 5.77. The molecule has 0 spiro atoms. The molecule has 1 N–H and O–H groups in total. The molecule has 0 amide bonds. The number of hydrogen-bond donors (Lipinski definition) is 1. The maximum atomic E-state index is 12.6. The molecule has 7 nitrogen and oxygen atoms in total. The van der Waals surface area contributed by atoms with Crippen LogP contribution in [-0.2, 0) is 23.2 Å². The smallest absolute Gasteiger partial charge is 0.330 e. The van der Waals surface area contributed by atoms with Gasteiger partial charge in [-0.1, -0.05) is 52.0 Å². The van der Waals surface area contributed by atoms with Gasteiger partial charge in [-0.2, -0.15) is 0 Å². The molecule has 150 valence electrons. The molecular weight excluding hydrogens is 356 g/mol. The van der Waals surface area contributed by atoms with E-state index in [4.69, 9.17) is 9.72 Å². The third-order valence-electron chi connectivity index (χ3n) is 4.86. The van der Waals surface area contributed by atoms with Crippen molar-refractivity contribution >= 4 is 11.2 Å². The van der Waals surface area contributed by atoms with Crippen LogP contribution in [0.4, 0.5) is 0 Å². The van der Waals surface area contributed by atoms with E-state index in [0.717, 1.165) is 12.0 Å². The number of aryl methyl sites for hydroxylation is 1. The molecule has 0 radical (unpaired) electrons. The molecule has 7 heteroatoms. The minimum absolute atomic E-state index is 0.0491. The first-order valence-corrected chi connectivity index (χ1v) is 9.61. The molecule has 2 heterocycles. The summed E-state index contributed by atoms with van der Waals surface area (Å²) in [4.78, 5) is 32.0. The summed E-state index contributed by atoms with van der Waals surface area (Å²) < 4.78 is 8.61. The van der Waals surface area contributed by atoms with Gasteiger partial charge in [0.2, 0.25) is 0 Å². The molecule has 0 saturated heterocycles. The number of imidazole rings is 1. The van der Waals surface area contributed by atoms with Crippen LogP contribution in [0.5, 0.6) is 0 Å². The van der Waals surface area contributed by atoms with E-state index in [1.807, 2.05) is 23.6 Å². The molecule has 0 unspecified atom stereocenters. The lowest BCUT2D eigenvalue weighted by Crippen LogP contribution is -2.31. The lowest BCUT2D eigenvalue weighted by atomic mass is 9.87. The van der Waals surface area contributed by atoms with E-state index < -0.39 is 11.2 Å². The average Bonchev–Trinajstić information content (AvgIpc) is 3.02. The minimum atomic E-state index is -0.426. The Morgan fingerprint density at radius 3 is 2.32 bits per heavy atom. The summed E-state index contributed by atoms with van der Waals surface area (Å²) >= 11 is 0. The first-order valence-electron chi connectivity index (χ1n) is 9.61. The number of hydrogen-bond acceptors (Lipinski definition) is 4. The molecule has 28 heavy (non-hydrogen) atoms. The first-order chi connectivity index (χ1) is 13.3. The monoisotopic (exact) mass is 384 g/mol. The van der Waals surface area contributed by atoms with Crippen LogP contribution in [0, 0.1) is 0 Å². The van der Waals surface area contributed by atoms with Crippen LogP contribution in [0.1, 0.15) is 39.7 Å². The molecule has 2 aromatic heterocycles. The zero-order valence-corrected chi connectivity index (χ0v) is 17.2. The molecular formula is C21H28N4O3. The number of fused-ring (bicyclic) bond motifs is 1. The van der Waals surface area contributed by atoms with Crippen LogP contribution in [0.3, 0.4) is 0 Å². The number of H-pyrrole nitrogens is 1. The van der Waals surface area contributed by atoms with Crippen LogP contribution in [0.15, 0.2) is 33.9 Å². The van der Waals surface area contributed by atoms with Crippen molar-refractivity contribution in [3.05, 3.63) is 50.7 Å². The normalized spacial score (nSPS) is 12.0. The van der Waals surface area contributed by atoms with E-state index in [2.05, 4.69) is 37.9 Å². The van der Waals surface area contributed by atoms with Gasteiger partial charge >= 0.3 is 5.69 Å². The third kappa shape index (κ3) is 3.67. The SMILES string of the molecule is CCCn1c(=O)[nH]c(=O)c2c1nc(-c1ccc(C(C)(C)C)cc1)n2CCOC. The maximum Gasteiger partial charge on any atom is 0.330 e. The summed E-state index contributed by atoms with van der Waals surface area (Å²) in [6.07, 6.45) is 0.765. The molecule has 0 aliphatic heterocycles. The maximum absolute atomic E-state index is 12.6. The molecule has 3 aromatic rings. The zero-order valence-electron chi connectivity index (χ0n) is 17.2. The molecule has 0 aliphatic carbocycles. The van der Waals surface area contributed by atoms with E-state index in [1.165, 1.54) is 10.1 Å². The number of aromatic nitrogens is 4. The Morgan fingerprint density at radius 1 is 1.07 bits per heavy atom. The first kappa shape index (κ1) is 20.1. The average molecular weight is 384 g/mol. The number of benzene rings is 1. The van der Waals surface area contributed by atoms with Gasteiger partial charge in [-0.3, -0.25) is 14.3 Å². The van der Waals surface area contributed by atoms with Gasteiger partial charge in [-0.15, -0.1) is 0 Å². The number of nitrogens with one attached hydrogen (secondary N) is 1. The summed E-state index contributed by atoms with van der Waals surface area (Å²) in [5.41, 5.74) is 2.14. The van der Waals surface area contributed by atoms with Gasteiger partial charge in [-0.25, -0.2) is 9.78 Å². The number of nitrogens with zero attached hydrogens (tertiary/aromatic N) is 3. The van der Waals surface area contributed by atoms with E-state index in [-0.39, 0.29) is 5.41 Å². The Balaban J connectivity index is 2.26. The third-order valence-corrected chi connectivity index (χ3v) is 4.86. The predicted molar refractivity (Wildman–Crippen MR) is 111 cm³/mol. The summed E-state index contributed by atoms with van der Waals surface area (Å²) in [5.74, 6) is 0.661. The van der Waals surface area contributed by atoms with Crippen LogP contribution in [0.25, 0.3) is 22.6 Å². The van der Waals surface area contributed by atoms with Crippen molar-refractivity contribution in [3.8, 4) is 11.4 Å². The molecule has 0 fully saturated rings. The minimum Gasteiger partial charge on any atom is -0.383 e. The van der Waals surface area contributed by atoms with Crippen molar-refractivity contribution < 1.29 is 4.74 Å². The van der Waals surface area contributed by atoms with E-state index in [9.17, 15) is 9.59 Å². The second kappa shape index (κ2) is 7.75. The van der Waals surface area contributed by atoms with Crippen LogP contribution < -0.4 is 11.2 Å². The fourth-order valence-electron chi connectivity index (χ4n) is 3.34. The number of rotatable bonds is 6. The van der Waals surface area contributed by atoms with Crippen LogP contribution in [0.2, 0.25) is 0 Å². The Bertz CT molecular complexity index is 1080. The van der Waals surface area contributed by atoms with Crippen LogP contribution in [-0.4, -0.2) is 32.8 Å². The molecule has 1 aromatic carbocycles. The Morgan fingerprint density at radius 2 is 1.75 bits per heavy atom. The van der Waals surface area contributed by atoms with Gasteiger partial charge in [-0.05, 0) is 17.4 Å². The van der Waals surface area contributed by atoms with E-state index in [1.54, 1.807) is 7.11 Å². The summed E-state index contributed by atoms with van der Waals surface area (Å²) in [5, 5.41) is 0. The number of aromatic amines is 1. The standard InChI is InChI=1S/C21H28N4O3/c1-6-11-25-18-16(19(26)23-20(25)27)24(12-13-28-5)17(22-18)14-7-9-15(10-8-14)21(2,3)4/h7-10H,6,11-13H2,1-5H3,(H,23,26,27). The molecule has 0 aliphatic rings. The lowest BCUT2D eigenvalue weighted by Gasteiger charge is -2.19. The van der Waals surface area contributed by atoms with Crippen molar-refractivity contribution in [2.75, 3.05) is 13.7 Å². The van der Waals surface area contributed by atoms with Gasteiger partial charge in [0.25, 0.3) is 5.56 Å². The quantitative estimate of drug-likeness (QED) is 0.708. The zero-order chi connectivity index (χ0) is 20.5. The second-order valence-corrected chi connectivity index (χ2v) is 7.99. The summed E-state index contributed by atoms with van der Waals surface area (Å²) in [6.45, 7) is 9.88. The van der Waals surface area contributed by atoms with E-state index in [0.29, 0.717) is 36.7 Å². The highest BCUT2D eigenvalue weighted by atomic mass is 16.5. The highest BCUT2D eigenvalue weighted by Crippen LogP contribution is 2.27. The molecule has 0 atom stereocenters. The number of methoxy groups -OCH3 is 1. The van der Waals surface area contributed by atoms with Crippen molar-refractivity contribution in [1.29, 1.82) is 0 Å². The molecule has 3 rings (SSSR count). The Kier molecular flexibility index (Phi) is 5.56. The van der Waals surface area contributed by atoms with Crippen molar-refractivity contribution in [2.45, 2.75) is 52.6 Å². The van der Waals surface area contributed by atoms with E-state index >= 15 is 0 Å². The number of ether oxygens (including phenoxy) is 1. The van der Waals surface area contributed by atoms with Gasteiger partial charge in [0.15, 0.2) is 11.2 Å². The fraction of sp³-hybridized carbons (Fsp3) is 0.476. The van der Waals surface area contributed by atoms with Crippen molar-refractivity contribution in [3.63, 3.8) is 0 Å². The fourth-order valence-corrected chi connectivity index (χ4v) is 3.34. The topological polar surface area (TPSA) is 81.9 Å². The lowest BCUT2D eigenvalue weighted by molar-refractivity contribution is 0.188. The second-order valence-electron chi connectivity index (χ2n) is 7.99. The van der Waals surface area contributed by atoms with Gasteiger partial charge in [0.05, 0.1) is 6.61 Å². The molecule has 0 saturated carbocycles. The molecule has 0 bridgehead atoms. The Labute approximate surface area is 164 Å². The summed E-state index contributed by atoms with van der Waals surface area (Å²) in [6, 6.07) is 8.19. The van der Waals surface area contributed by atoms with Gasteiger partial charge < -0.3 is 9.30 Å². The highest BCUT2D eigenvalue weighted by Gasteiger charge is 2.20. The van der Waals surface area contributed by atoms with Gasteiger partial charge in [0.1, 0.15) is 5.82 Å². The largest absolute Gasteiger partial charge is 0.383 e.